The minimum atomic E-state index is 0.0865. The van der Waals surface area contributed by atoms with Crippen LogP contribution in [0.3, 0.4) is 0 Å². The van der Waals surface area contributed by atoms with Gasteiger partial charge in [-0.15, -0.1) is 0 Å². The summed E-state index contributed by atoms with van der Waals surface area (Å²) in [6, 6.07) is 47.8. The lowest BCUT2D eigenvalue weighted by Crippen LogP contribution is -2.35. The molecular formula is C34H30N4. The summed E-state index contributed by atoms with van der Waals surface area (Å²) in [4.78, 5) is 0. The number of hydrogen-bond acceptors (Lipinski definition) is 3. The summed E-state index contributed by atoms with van der Waals surface area (Å²) in [5, 5.41) is 11.2. The van der Waals surface area contributed by atoms with Crippen LogP contribution in [0.2, 0.25) is 0 Å². The molecule has 0 radical (unpaired) electrons. The zero-order chi connectivity index (χ0) is 25.5. The lowest BCUT2D eigenvalue weighted by molar-refractivity contribution is -0.0118. The number of benzene rings is 5. The van der Waals surface area contributed by atoms with Gasteiger partial charge in [-0.05, 0) is 41.0 Å². The molecule has 4 nitrogen and oxygen atoms in total. The third-order valence-corrected chi connectivity index (χ3v) is 7.74. The van der Waals surface area contributed by atoms with Crippen LogP contribution in [0.15, 0.2) is 133 Å². The maximum Gasteiger partial charge on any atom is 0.101 e. The van der Waals surface area contributed by atoms with Crippen molar-refractivity contribution in [1.29, 1.82) is 0 Å². The Morgan fingerprint density at radius 1 is 0.553 bits per heavy atom. The molecule has 2 atom stereocenters. The van der Waals surface area contributed by atoms with Crippen molar-refractivity contribution in [2.24, 2.45) is 0 Å². The topological polar surface area (TPSA) is 23.4 Å². The molecule has 0 spiro atoms. The number of aromatic nitrogens is 1. The van der Waals surface area contributed by atoms with Crippen molar-refractivity contribution in [3.05, 3.63) is 150 Å². The van der Waals surface area contributed by atoms with E-state index < -0.39 is 0 Å². The first-order valence-corrected chi connectivity index (χ1v) is 13.2. The van der Waals surface area contributed by atoms with E-state index in [0.717, 1.165) is 6.54 Å². The Morgan fingerprint density at radius 3 is 1.63 bits per heavy atom. The van der Waals surface area contributed by atoms with Gasteiger partial charge >= 0.3 is 0 Å². The zero-order valence-corrected chi connectivity index (χ0v) is 21.4. The fourth-order valence-corrected chi connectivity index (χ4v) is 5.87. The smallest absolute Gasteiger partial charge is 0.101 e. The molecule has 186 valence electrons. The van der Waals surface area contributed by atoms with Gasteiger partial charge in [0.25, 0.3) is 0 Å². The van der Waals surface area contributed by atoms with E-state index in [0.29, 0.717) is 0 Å². The summed E-state index contributed by atoms with van der Waals surface area (Å²) in [5.74, 6) is 0. The maximum absolute atomic E-state index is 3.87. The van der Waals surface area contributed by atoms with E-state index in [1.165, 1.54) is 44.2 Å². The molecule has 1 aliphatic heterocycles. The van der Waals surface area contributed by atoms with Gasteiger partial charge in [0.05, 0.1) is 11.0 Å². The predicted molar refractivity (Wildman–Crippen MR) is 156 cm³/mol. The monoisotopic (exact) mass is 494 g/mol. The van der Waals surface area contributed by atoms with Crippen LogP contribution in [0.4, 0.5) is 0 Å². The Labute approximate surface area is 223 Å². The normalized spacial score (nSPS) is 18.4. The van der Waals surface area contributed by atoms with Gasteiger partial charge in [0, 0.05) is 30.1 Å². The minimum Gasteiger partial charge on any atom is -0.309 e. The Balaban J connectivity index is 1.23. The molecule has 0 amide bonds. The summed E-state index contributed by atoms with van der Waals surface area (Å²) < 4.78 is 2.37. The van der Waals surface area contributed by atoms with E-state index in [1.807, 2.05) is 0 Å². The highest BCUT2D eigenvalue weighted by Gasteiger charge is 2.37. The van der Waals surface area contributed by atoms with Gasteiger partial charge in [-0.3, -0.25) is 5.32 Å². The Hall–Kier alpha value is -4.22. The Bertz CT molecular complexity index is 1640. The molecule has 6 aromatic rings. The molecule has 1 aromatic heterocycles. The van der Waals surface area contributed by atoms with Gasteiger partial charge in [0.15, 0.2) is 0 Å². The lowest BCUT2D eigenvalue weighted by atomic mass is 10.1. The average Bonchev–Trinajstić information content (AvgIpc) is 3.49. The van der Waals surface area contributed by atoms with Crippen molar-refractivity contribution < 1.29 is 0 Å². The Kier molecular flexibility index (Phi) is 5.78. The molecule has 0 saturated carbocycles. The fourth-order valence-electron chi connectivity index (χ4n) is 5.87. The number of hydrogen-bond donors (Lipinski definition) is 1. The van der Waals surface area contributed by atoms with Gasteiger partial charge in [-0.2, -0.15) is 0 Å². The molecule has 0 bridgehead atoms. The SMILES string of the molecule is CN1C(c2ccccc2)NC(c2ccccc2)N1Cc1ccc(-n2c3ccccc3c3ccccc32)cc1. The molecule has 1 N–H and O–H groups in total. The highest BCUT2D eigenvalue weighted by Crippen LogP contribution is 2.36. The second-order valence-electron chi connectivity index (χ2n) is 10.0. The van der Waals surface area contributed by atoms with Crippen LogP contribution in [0.5, 0.6) is 0 Å². The molecular weight excluding hydrogens is 464 g/mol. The van der Waals surface area contributed by atoms with Crippen LogP contribution in [0.25, 0.3) is 27.5 Å². The fraction of sp³-hybridized carbons (Fsp3) is 0.118. The third-order valence-electron chi connectivity index (χ3n) is 7.74. The van der Waals surface area contributed by atoms with Crippen LogP contribution < -0.4 is 5.32 Å². The first-order valence-electron chi connectivity index (χ1n) is 13.2. The van der Waals surface area contributed by atoms with Crippen LogP contribution in [0.1, 0.15) is 29.0 Å². The summed E-state index contributed by atoms with van der Waals surface area (Å²) in [7, 11) is 2.18. The number of nitrogens with one attached hydrogen (secondary N) is 1. The molecule has 1 saturated heterocycles. The quantitative estimate of drug-likeness (QED) is 0.270. The molecule has 38 heavy (non-hydrogen) atoms. The Morgan fingerprint density at radius 2 is 1.05 bits per heavy atom. The minimum absolute atomic E-state index is 0.0865. The van der Waals surface area contributed by atoms with Crippen molar-refractivity contribution in [2.75, 3.05) is 7.05 Å². The van der Waals surface area contributed by atoms with E-state index in [4.69, 9.17) is 0 Å². The first kappa shape index (κ1) is 22.9. The van der Waals surface area contributed by atoms with E-state index >= 15 is 0 Å². The second kappa shape index (κ2) is 9.58. The van der Waals surface area contributed by atoms with Crippen LogP contribution in [-0.2, 0) is 6.54 Å². The molecule has 7 rings (SSSR count). The summed E-state index contributed by atoms with van der Waals surface area (Å²) in [5.41, 5.74) is 7.46. The largest absolute Gasteiger partial charge is 0.309 e. The summed E-state index contributed by atoms with van der Waals surface area (Å²) in [6.07, 6.45) is 0.196. The number of para-hydroxylation sites is 2. The van der Waals surface area contributed by atoms with E-state index in [1.54, 1.807) is 0 Å². The summed E-state index contributed by atoms with van der Waals surface area (Å²) in [6.45, 7) is 0.805. The van der Waals surface area contributed by atoms with Gasteiger partial charge in [-0.25, -0.2) is 10.0 Å². The second-order valence-corrected chi connectivity index (χ2v) is 10.0. The summed E-state index contributed by atoms with van der Waals surface area (Å²) >= 11 is 0. The zero-order valence-electron chi connectivity index (χ0n) is 21.4. The van der Waals surface area contributed by atoms with Crippen molar-refractivity contribution in [2.45, 2.75) is 18.9 Å². The van der Waals surface area contributed by atoms with E-state index in [-0.39, 0.29) is 12.3 Å². The van der Waals surface area contributed by atoms with Gasteiger partial charge in [0.1, 0.15) is 12.3 Å². The molecule has 1 fully saturated rings. The predicted octanol–water partition coefficient (Wildman–Crippen LogP) is 7.43. The lowest BCUT2D eigenvalue weighted by Gasteiger charge is -2.30. The standard InChI is InChI=1S/C34H30N4/c1-36-33(26-12-4-2-5-13-26)35-34(27-14-6-3-7-15-27)37(36)24-25-20-22-28(23-21-25)38-31-18-10-8-16-29(31)30-17-9-11-19-32(30)38/h2-23,33-35H,24H2,1H3. The number of rotatable bonds is 5. The number of fused-ring (bicyclic) bond motifs is 3. The molecule has 2 heterocycles. The highest BCUT2D eigenvalue weighted by molar-refractivity contribution is 6.09. The number of hydrazine groups is 1. The third kappa shape index (κ3) is 3.91. The van der Waals surface area contributed by atoms with Crippen LogP contribution in [-0.4, -0.2) is 21.6 Å². The van der Waals surface area contributed by atoms with E-state index in [2.05, 4.69) is 160 Å². The average molecular weight is 495 g/mol. The van der Waals surface area contributed by atoms with Crippen molar-refractivity contribution >= 4 is 21.8 Å². The molecule has 1 aliphatic rings. The molecule has 4 heteroatoms. The van der Waals surface area contributed by atoms with Crippen LogP contribution >= 0.6 is 0 Å². The first-order chi connectivity index (χ1) is 18.8. The van der Waals surface area contributed by atoms with Crippen molar-refractivity contribution in [3.63, 3.8) is 0 Å². The van der Waals surface area contributed by atoms with Crippen LogP contribution in [0, 0.1) is 0 Å². The van der Waals surface area contributed by atoms with Crippen molar-refractivity contribution in [3.8, 4) is 5.69 Å². The highest BCUT2D eigenvalue weighted by atomic mass is 15.7. The van der Waals surface area contributed by atoms with Gasteiger partial charge in [-0.1, -0.05) is 109 Å². The number of nitrogens with zero attached hydrogens (tertiary/aromatic N) is 3. The van der Waals surface area contributed by atoms with Crippen molar-refractivity contribution in [1.82, 2.24) is 19.9 Å². The molecule has 0 aliphatic carbocycles. The molecule has 5 aromatic carbocycles. The maximum atomic E-state index is 3.87. The van der Waals surface area contributed by atoms with E-state index in [9.17, 15) is 0 Å². The molecule has 2 unspecified atom stereocenters. The van der Waals surface area contributed by atoms with Gasteiger partial charge < -0.3 is 4.57 Å². The van der Waals surface area contributed by atoms with Gasteiger partial charge in [0.2, 0.25) is 0 Å².